The van der Waals surface area contributed by atoms with Crippen LogP contribution < -0.4 is 4.74 Å². The topological polar surface area (TPSA) is 52.6 Å². The summed E-state index contributed by atoms with van der Waals surface area (Å²) in [5.74, 6) is 1.79. The van der Waals surface area contributed by atoms with E-state index in [1.807, 2.05) is 54.6 Å². The minimum Gasteiger partial charge on any atom is -0.458 e. The third-order valence-corrected chi connectivity index (χ3v) is 9.09. The highest BCUT2D eigenvalue weighted by atomic mass is 16.5. The van der Waals surface area contributed by atoms with E-state index in [2.05, 4.69) is 19.1 Å². The summed E-state index contributed by atoms with van der Waals surface area (Å²) in [4.78, 5) is 25.3. The van der Waals surface area contributed by atoms with E-state index in [-0.39, 0.29) is 23.5 Å². The van der Waals surface area contributed by atoms with Crippen LogP contribution >= 0.6 is 0 Å². The molecule has 0 aliphatic heterocycles. The minimum atomic E-state index is -0.320. The van der Waals surface area contributed by atoms with Gasteiger partial charge in [-0.15, -0.1) is 0 Å². The molecule has 0 radical (unpaired) electrons. The van der Waals surface area contributed by atoms with E-state index in [0.29, 0.717) is 34.6 Å². The second-order valence-corrected chi connectivity index (χ2v) is 10.9. The van der Waals surface area contributed by atoms with Crippen LogP contribution in [0.5, 0.6) is 5.75 Å². The van der Waals surface area contributed by atoms with E-state index in [1.165, 1.54) is 11.1 Å². The van der Waals surface area contributed by atoms with Crippen molar-refractivity contribution in [3.8, 4) is 5.75 Å². The molecule has 184 valence electrons. The summed E-state index contributed by atoms with van der Waals surface area (Å²) >= 11 is 0. The molecule has 3 aliphatic carbocycles. The number of fused-ring (bicyclic) bond motifs is 5. The highest BCUT2D eigenvalue weighted by Gasteiger charge is 2.56. The fourth-order valence-electron chi connectivity index (χ4n) is 7.28. The molecule has 0 heterocycles. The molecule has 0 unspecified atom stereocenters. The van der Waals surface area contributed by atoms with Crippen LogP contribution in [0.15, 0.2) is 78.9 Å². The Morgan fingerprint density at radius 3 is 2.22 bits per heavy atom. The molecule has 2 fully saturated rings. The van der Waals surface area contributed by atoms with Gasteiger partial charge < -0.3 is 9.47 Å². The molecule has 0 bridgehead atoms. The van der Waals surface area contributed by atoms with E-state index in [4.69, 9.17) is 9.47 Å². The van der Waals surface area contributed by atoms with Crippen molar-refractivity contribution in [2.24, 2.45) is 17.3 Å². The summed E-state index contributed by atoms with van der Waals surface area (Å²) in [5.41, 5.74) is 3.95. The molecule has 4 nitrogen and oxygen atoms in total. The largest absolute Gasteiger partial charge is 0.458 e. The second kappa shape index (κ2) is 9.24. The highest BCUT2D eigenvalue weighted by Crippen LogP contribution is 2.61. The third-order valence-electron chi connectivity index (χ3n) is 9.09. The van der Waals surface area contributed by atoms with Gasteiger partial charge in [-0.1, -0.05) is 49.4 Å². The summed E-state index contributed by atoms with van der Waals surface area (Å²) in [7, 11) is 0. The van der Waals surface area contributed by atoms with E-state index in [0.717, 1.165) is 38.5 Å². The van der Waals surface area contributed by atoms with Gasteiger partial charge in [-0.3, -0.25) is 0 Å². The number of benzene rings is 3. The van der Waals surface area contributed by atoms with Crippen molar-refractivity contribution in [3.05, 3.63) is 101 Å². The van der Waals surface area contributed by atoms with Gasteiger partial charge in [0.05, 0.1) is 11.1 Å². The predicted molar refractivity (Wildman–Crippen MR) is 138 cm³/mol. The molecule has 2 saturated carbocycles. The van der Waals surface area contributed by atoms with Crippen molar-refractivity contribution in [1.29, 1.82) is 0 Å². The normalized spacial score (nSPS) is 28.4. The lowest BCUT2D eigenvalue weighted by atomic mass is 9.55. The van der Waals surface area contributed by atoms with Crippen molar-refractivity contribution < 1.29 is 19.1 Å². The first-order valence-electron chi connectivity index (χ1n) is 13.2. The molecule has 5 atom stereocenters. The van der Waals surface area contributed by atoms with Gasteiger partial charge in [0.1, 0.15) is 11.9 Å². The number of hydrogen-bond donors (Lipinski definition) is 0. The lowest BCUT2D eigenvalue weighted by Crippen LogP contribution is -2.45. The summed E-state index contributed by atoms with van der Waals surface area (Å²) in [6.45, 7) is 2.35. The van der Waals surface area contributed by atoms with E-state index < -0.39 is 0 Å². The molecule has 0 aromatic heterocycles. The second-order valence-electron chi connectivity index (χ2n) is 10.9. The molecule has 0 spiro atoms. The summed E-state index contributed by atoms with van der Waals surface area (Å²) in [5, 5.41) is 0. The zero-order chi connectivity index (χ0) is 24.7. The first-order chi connectivity index (χ1) is 17.5. The van der Waals surface area contributed by atoms with Gasteiger partial charge in [-0.25, -0.2) is 9.59 Å². The third kappa shape index (κ3) is 4.03. The number of aryl methyl sites for hydroxylation is 1. The Hall–Kier alpha value is -3.40. The Kier molecular flexibility index (Phi) is 5.91. The van der Waals surface area contributed by atoms with Crippen LogP contribution in [-0.4, -0.2) is 18.0 Å². The van der Waals surface area contributed by atoms with Gasteiger partial charge in [0, 0.05) is 5.41 Å². The van der Waals surface area contributed by atoms with Crippen molar-refractivity contribution >= 4 is 11.9 Å². The maximum absolute atomic E-state index is 12.8. The molecule has 0 N–H and O–H groups in total. The van der Waals surface area contributed by atoms with Crippen LogP contribution in [0.1, 0.15) is 76.8 Å². The average molecular weight is 481 g/mol. The molecule has 3 aromatic carbocycles. The summed E-state index contributed by atoms with van der Waals surface area (Å²) < 4.78 is 11.8. The lowest BCUT2D eigenvalue weighted by Gasteiger charge is -2.50. The van der Waals surface area contributed by atoms with Crippen molar-refractivity contribution in [3.63, 3.8) is 0 Å². The summed E-state index contributed by atoms with van der Waals surface area (Å²) in [6, 6.07) is 24.7. The molecular weight excluding hydrogens is 448 g/mol. The molecule has 3 aliphatic rings. The molecule has 6 rings (SSSR count). The van der Waals surface area contributed by atoms with Crippen LogP contribution in [0.25, 0.3) is 0 Å². The van der Waals surface area contributed by atoms with Crippen molar-refractivity contribution in [1.82, 2.24) is 0 Å². The SMILES string of the molecule is C[C@@]12CC[C@@H]3c4ccc(OC(=O)c5ccccc5)cc4CC[C@@H]3[C@@H]1CC[C@@H]2OC(=O)c1ccccc1. The Morgan fingerprint density at radius 1 is 0.806 bits per heavy atom. The number of hydrogen-bond acceptors (Lipinski definition) is 4. The average Bonchev–Trinajstić information content (AvgIpc) is 3.25. The Balaban J connectivity index is 1.17. The van der Waals surface area contributed by atoms with Crippen LogP contribution in [0.4, 0.5) is 0 Å². The van der Waals surface area contributed by atoms with Crippen molar-refractivity contribution in [2.45, 2.75) is 57.5 Å². The van der Waals surface area contributed by atoms with Crippen molar-refractivity contribution in [2.75, 3.05) is 0 Å². The zero-order valence-electron chi connectivity index (χ0n) is 20.7. The standard InChI is InChI=1S/C32H32O4/c1-32-19-18-26-25-15-13-24(35-30(33)21-8-4-2-5-9-21)20-23(25)12-14-27(26)28(32)16-17-29(32)36-31(34)22-10-6-3-7-11-22/h2-11,13,15,20,26-29H,12,14,16-19H2,1H3/t26-,27+,28+,29+,32-/m1/s1. The molecule has 0 amide bonds. The quantitative estimate of drug-likeness (QED) is 0.298. The number of esters is 2. The first kappa shape index (κ1) is 23.0. The number of carbonyl (C=O) groups excluding carboxylic acids is 2. The van der Waals surface area contributed by atoms with E-state index in [1.54, 1.807) is 12.1 Å². The maximum atomic E-state index is 12.8. The first-order valence-corrected chi connectivity index (χ1v) is 13.2. The van der Waals surface area contributed by atoms with E-state index >= 15 is 0 Å². The number of ether oxygens (including phenoxy) is 2. The van der Waals surface area contributed by atoms with Gasteiger partial charge in [0.15, 0.2) is 0 Å². The van der Waals surface area contributed by atoms with Crippen LogP contribution in [0, 0.1) is 17.3 Å². The highest BCUT2D eigenvalue weighted by molar-refractivity contribution is 5.91. The number of carbonyl (C=O) groups is 2. The zero-order valence-corrected chi connectivity index (χ0v) is 20.7. The smallest absolute Gasteiger partial charge is 0.343 e. The molecule has 36 heavy (non-hydrogen) atoms. The fourth-order valence-corrected chi connectivity index (χ4v) is 7.28. The van der Waals surface area contributed by atoms with Crippen LogP contribution in [0.2, 0.25) is 0 Å². The number of rotatable bonds is 4. The molecular formula is C32H32O4. The summed E-state index contributed by atoms with van der Waals surface area (Å²) in [6.07, 6.45) is 6.35. The van der Waals surface area contributed by atoms with E-state index in [9.17, 15) is 9.59 Å². The Morgan fingerprint density at radius 2 is 1.50 bits per heavy atom. The van der Waals surface area contributed by atoms with Gasteiger partial charge in [-0.2, -0.15) is 0 Å². The Bertz CT molecular complexity index is 1270. The molecule has 3 aromatic rings. The van der Waals surface area contributed by atoms with Gasteiger partial charge in [0.2, 0.25) is 0 Å². The van der Waals surface area contributed by atoms with Gasteiger partial charge in [-0.05, 0) is 104 Å². The fraction of sp³-hybridized carbons (Fsp3) is 0.375. The Labute approximate surface area is 212 Å². The molecule has 4 heteroatoms. The lowest BCUT2D eigenvalue weighted by molar-refractivity contribution is -0.0427. The van der Waals surface area contributed by atoms with Gasteiger partial charge in [0.25, 0.3) is 0 Å². The monoisotopic (exact) mass is 480 g/mol. The molecule has 0 saturated heterocycles. The minimum absolute atomic E-state index is 0.0164. The maximum Gasteiger partial charge on any atom is 0.343 e. The van der Waals surface area contributed by atoms with Gasteiger partial charge >= 0.3 is 11.9 Å². The predicted octanol–water partition coefficient (Wildman–Crippen LogP) is 6.99. The van der Waals surface area contributed by atoms with Crippen LogP contribution in [-0.2, 0) is 11.2 Å². The van der Waals surface area contributed by atoms with Crippen LogP contribution in [0.3, 0.4) is 0 Å².